The molecule has 1 heterocycles. The van der Waals surface area contributed by atoms with E-state index in [1.54, 1.807) is 24.3 Å². The number of methoxy groups -OCH3 is 2. The monoisotopic (exact) mass is 451 g/mol. The summed E-state index contributed by atoms with van der Waals surface area (Å²) < 4.78 is 29.6. The molecule has 0 saturated carbocycles. The van der Waals surface area contributed by atoms with Crippen molar-refractivity contribution in [2.24, 2.45) is 5.92 Å². The number of carbonyl (C=O) groups is 2. The van der Waals surface area contributed by atoms with Gasteiger partial charge in [0.1, 0.15) is 18.3 Å². The Kier molecular flexibility index (Phi) is 6.49. The second-order valence-corrected chi connectivity index (χ2v) is 8.12. The van der Waals surface area contributed by atoms with Gasteiger partial charge in [-0.3, -0.25) is 9.59 Å². The van der Waals surface area contributed by atoms with Crippen LogP contribution in [0.25, 0.3) is 0 Å². The molecule has 172 valence electrons. The number of hydrogen-bond donors (Lipinski definition) is 1. The summed E-state index contributed by atoms with van der Waals surface area (Å²) in [4.78, 5) is 25.6. The van der Waals surface area contributed by atoms with E-state index < -0.39 is 17.8 Å². The summed E-state index contributed by atoms with van der Waals surface area (Å²) in [5.74, 6) is -1.07. The third-order valence-electron chi connectivity index (χ3n) is 6.10. The Bertz CT molecular complexity index is 1120. The molecule has 1 aliphatic carbocycles. The van der Waals surface area contributed by atoms with E-state index in [2.05, 4.69) is 11.9 Å². The highest BCUT2D eigenvalue weighted by molar-refractivity contribution is 6.00. The maximum Gasteiger partial charge on any atom is 0.315 e. The SMILES string of the molecule is C=C1NC2=C(C(=O)CCC2)C(c2ccc(OCc3ccc(F)cc3)c(OC)c2)C1C(=O)OC. The molecule has 1 aliphatic heterocycles. The van der Waals surface area contributed by atoms with Crippen molar-refractivity contribution in [3.05, 3.63) is 83.0 Å². The highest BCUT2D eigenvalue weighted by atomic mass is 19.1. The maximum atomic E-state index is 13.1. The first kappa shape index (κ1) is 22.6. The lowest BCUT2D eigenvalue weighted by Crippen LogP contribution is -2.40. The Morgan fingerprint density at radius 3 is 2.58 bits per heavy atom. The summed E-state index contributed by atoms with van der Waals surface area (Å²) in [7, 11) is 2.85. The second kappa shape index (κ2) is 9.48. The van der Waals surface area contributed by atoms with Crippen molar-refractivity contribution in [2.75, 3.05) is 14.2 Å². The van der Waals surface area contributed by atoms with Crippen LogP contribution >= 0.6 is 0 Å². The van der Waals surface area contributed by atoms with E-state index in [0.29, 0.717) is 29.2 Å². The van der Waals surface area contributed by atoms with Gasteiger partial charge in [0.15, 0.2) is 17.3 Å². The minimum absolute atomic E-state index is 0.0192. The fourth-order valence-electron chi connectivity index (χ4n) is 4.50. The molecule has 0 bridgehead atoms. The van der Waals surface area contributed by atoms with Crippen LogP contribution in [0.1, 0.15) is 36.3 Å². The highest BCUT2D eigenvalue weighted by Crippen LogP contribution is 2.46. The van der Waals surface area contributed by atoms with Crippen LogP contribution in [0, 0.1) is 11.7 Å². The number of hydrogen-bond acceptors (Lipinski definition) is 6. The van der Waals surface area contributed by atoms with Crippen molar-refractivity contribution in [3.8, 4) is 11.5 Å². The van der Waals surface area contributed by atoms with Gasteiger partial charge in [-0.25, -0.2) is 4.39 Å². The quantitative estimate of drug-likeness (QED) is 0.656. The first-order valence-electron chi connectivity index (χ1n) is 10.8. The second-order valence-electron chi connectivity index (χ2n) is 8.12. The molecule has 2 aromatic rings. The third-order valence-corrected chi connectivity index (χ3v) is 6.10. The van der Waals surface area contributed by atoms with Gasteiger partial charge in [-0.1, -0.05) is 24.8 Å². The standard InChI is InChI=1S/C26H26FNO5/c1-15-23(26(30)32-3)24(25-19(28-15)5-4-6-20(25)29)17-9-12-21(22(13-17)31-2)33-14-16-7-10-18(27)11-8-16/h7-13,23-24,28H,1,4-6,14H2,2-3H3. The summed E-state index contributed by atoms with van der Waals surface area (Å²) in [6.45, 7) is 4.28. The van der Waals surface area contributed by atoms with E-state index >= 15 is 0 Å². The van der Waals surface area contributed by atoms with Crippen molar-refractivity contribution in [2.45, 2.75) is 31.8 Å². The smallest absolute Gasteiger partial charge is 0.315 e. The van der Waals surface area contributed by atoms with E-state index in [9.17, 15) is 14.0 Å². The summed E-state index contributed by atoms with van der Waals surface area (Å²) in [6.07, 6.45) is 1.92. The van der Waals surface area contributed by atoms with Gasteiger partial charge < -0.3 is 19.5 Å². The molecule has 2 aromatic carbocycles. The number of carbonyl (C=O) groups excluding carboxylic acids is 2. The minimum Gasteiger partial charge on any atom is -0.493 e. The Hall–Kier alpha value is -3.61. The van der Waals surface area contributed by atoms with Crippen molar-refractivity contribution in [3.63, 3.8) is 0 Å². The molecule has 0 aromatic heterocycles. The molecule has 2 aliphatic rings. The van der Waals surface area contributed by atoms with Gasteiger partial charge in [0.2, 0.25) is 0 Å². The van der Waals surface area contributed by atoms with Crippen molar-refractivity contribution in [1.29, 1.82) is 0 Å². The van der Waals surface area contributed by atoms with E-state index in [1.807, 2.05) is 6.07 Å². The average Bonchev–Trinajstić information content (AvgIpc) is 2.82. The van der Waals surface area contributed by atoms with Gasteiger partial charge in [-0.15, -0.1) is 0 Å². The molecule has 2 atom stereocenters. The number of ether oxygens (including phenoxy) is 3. The predicted molar refractivity (Wildman–Crippen MR) is 120 cm³/mol. The Morgan fingerprint density at radius 2 is 1.88 bits per heavy atom. The number of halogens is 1. The predicted octanol–water partition coefficient (Wildman–Crippen LogP) is 4.41. The van der Waals surface area contributed by atoms with Gasteiger partial charge in [-0.05, 0) is 48.2 Å². The van der Waals surface area contributed by atoms with Gasteiger partial charge in [0, 0.05) is 29.3 Å². The zero-order valence-electron chi connectivity index (χ0n) is 18.7. The van der Waals surface area contributed by atoms with Crippen LogP contribution in [-0.4, -0.2) is 26.0 Å². The summed E-state index contributed by atoms with van der Waals surface area (Å²) >= 11 is 0. The lowest BCUT2D eigenvalue weighted by atomic mass is 9.71. The van der Waals surface area contributed by atoms with Crippen molar-refractivity contribution >= 4 is 11.8 Å². The van der Waals surface area contributed by atoms with E-state index in [1.165, 1.54) is 26.4 Å². The Morgan fingerprint density at radius 1 is 1.12 bits per heavy atom. The van der Waals surface area contributed by atoms with E-state index in [0.717, 1.165) is 29.7 Å². The molecular weight excluding hydrogens is 425 g/mol. The molecule has 0 fully saturated rings. The maximum absolute atomic E-state index is 13.1. The van der Waals surface area contributed by atoms with Gasteiger partial charge in [0.05, 0.1) is 14.2 Å². The normalized spacial score (nSPS) is 20.1. The first-order chi connectivity index (χ1) is 15.9. The van der Waals surface area contributed by atoms with Crippen LogP contribution in [0.2, 0.25) is 0 Å². The molecule has 0 radical (unpaired) electrons. The largest absolute Gasteiger partial charge is 0.493 e. The number of Topliss-reactive ketones (excluding diaryl/α,β-unsaturated/α-hetero) is 1. The fraction of sp³-hybridized carbons (Fsp3) is 0.308. The molecule has 7 heteroatoms. The van der Waals surface area contributed by atoms with E-state index in [-0.39, 0.29) is 18.2 Å². The molecule has 4 rings (SSSR count). The molecule has 0 amide bonds. The minimum atomic E-state index is -0.744. The summed E-state index contributed by atoms with van der Waals surface area (Å²) in [6, 6.07) is 11.4. The Labute approximate surface area is 192 Å². The fourth-order valence-corrected chi connectivity index (χ4v) is 4.50. The average molecular weight is 451 g/mol. The summed E-state index contributed by atoms with van der Waals surface area (Å²) in [5, 5.41) is 3.18. The van der Waals surface area contributed by atoms with Gasteiger partial charge in [-0.2, -0.15) is 0 Å². The number of esters is 1. The number of rotatable bonds is 6. The molecule has 1 N–H and O–H groups in total. The molecule has 0 spiro atoms. The Balaban J connectivity index is 1.70. The third kappa shape index (κ3) is 4.49. The summed E-state index contributed by atoms with van der Waals surface area (Å²) in [5.41, 5.74) is 3.48. The van der Waals surface area contributed by atoms with Gasteiger partial charge >= 0.3 is 5.97 Å². The number of ketones is 1. The first-order valence-corrected chi connectivity index (χ1v) is 10.8. The zero-order valence-corrected chi connectivity index (χ0v) is 18.7. The molecule has 33 heavy (non-hydrogen) atoms. The van der Waals surface area contributed by atoms with Crippen LogP contribution in [0.4, 0.5) is 4.39 Å². The molecule has 6 nitrogen and oxygen atoms in total. The van der Waals surface area contributed by atoms with E-state index in [4.69, 9.17) is 14.2 Å². The van der Waals surface area contributed by atoms with Crippen LogP contribution < -0.4 is 14.8 Å². The topological polar surface area (TPSA) is 73.9 Å². The number of benzene rings is 2. The van der Waals surface area contributed by atoms with Crippen LogP contribution in [0.15, 0.2) is 66.0 Å². The lowest BCUT2D eigenvalue weighted by molar-refractivity contribution is -0.144. The molecule has 0 saturated heterocycles. The van der Waals surface area contributed by atoms with Crippen molar-refractivity contribution in [1.82, 2.24) is 5.32 Å². The number of nitrogens with one attached hydrogen (secondary N) is 1. The molecular formula is C26H26FNO5. The van der Waals surface area contributed by atoms with Gasteiger partial charge in [0.25, 0.3) is 0 Å². The highest BCUT2D eigenvalue weighted by Gasteiger charge is 2.43. The molecule has 2 unspecified atom stereocenters. The van der Waals surface area contributed by atoms with Crippen LogP contribution in [-0.2, 0) is 20.9 Å². The van der Waals surface area contributed by atoms with Crippen molar-refractivity contribution < 1.29 is 28.2 Å². The lowest BCUT2D eigenvalue weighted by Gasteiger charge is -2.38. The zero-order chi connectivity index (χ0) is 23.5. The van der Waals surface area contributed by atoms with Crippen LogP contribution in [0.3, 0.4) is 0 Å². The number of allylic oxidation sites excluding steroid dienone is 2. The van der Waals surface area contributed by atoms with Crippen LogP contribution in [0.5, 0.6) is 11.5 Å².